The van der Waals surface area contributed by atoms with E-state index in [1.807, 2.05) is 0 Å². The molecule has 0 fully saturated rings. The van der Waals surface area contributed by atoms with Gasteiger partial charge in [-0.05, 0) is 31.9 Å². The van der Waals surface area contributed by atoms with Crippen LogP contribution in [-0.2, 0) is 15.2 Å². The van der Waals surface area contributed by atoms with Crippen molar-refractivity contribution < 1.29 is 12.6 Å². The van der Waals surface area contributed by atoms with Crippen LogP contribution < -0.4 is 0 Å². The van der Waals surface area contributed by atoms with E-state index in [4.69, 9.17) is 4.18 Å². The molecule has 320 valence electrons. The van der Waals surface area contributed by atoms with Gasteiger partial charge in [0.2, 0.25) is 3.42 Å². The third-order valence-electron chi connectivity index (χ3n) is 6.04. The van der Waals surface area contributed by atoms with Crippen LogP contribution in [0.2, 0.25) is 0 Å². The van der Waals surface area contributed by atoms with Gasteiger partial charge in [-0.1, -0.05) is 494 Å². The van der Waals surface area contributed by atoms with Gasteiger partial charge in [-0.2, -0.15) is 0 Å². The second kappa shape index (κ2) is 22.5. The van der Waals surface area contributed by atoms with Gasteiger partial charge in [0.25, 0.3) is 11.0 Å². The van der Waals surface area contributed by atoms with Crippen LogP contribution in [0.3, 0.4) is 0 Å². The van der Waals surface area contributed by atoms with Gasteiger partial charge in [-0.25, -0.2) is 12.6 Å². The summed E-state index contributed by atoms with van der Waals surface area (Å²) in [7, 11) is -3.34. The van der Waals surface area contributed by atoms with Crippen molar-refractivity contribution in [3.8, 4) is 0 Å². The first-order valence-corrected chi connectivity index (χ1v) is 38.0. The van der Waals surface area contributed by atoms with E-state index in [1.165, 1.54) is 0 Å². The van der Waals surface area contributed by atoms with E-state index in [-0.39, 0.29) is 0 Å². The van der Waals surface area contributed by atoms with Gasteiger partial charge >= 0.3 is 0 Å². The zero-order valence-electron chi connectivity index (χ0n) is 22.1. The van der Waals surface area contributed by atoms with Gasteiger partial charge < -0.3 is 0 Å². The molecule has 0 rings (SSSR count). The Labute approximate surface area is 585 Å². The van der Waals surface area contributed by atoms with Gasteiger partial charge in [-0.15, -0.1) is 0 Å². The van der Waals surface area contributed by atoms with Crippen LogP contribution in [0.25, 0.3) is 0 Å². The van der Waals surface area contributed by atoms with Crippen LogP contribution in [0, 0.1) is 0 Å². The molecule has 0 unspecified atom stereocenters. The highest BCUT2D eigenvalue weighted by molar-refractivity contribution is 9.43. The minimum absolute atomic E-state index is 0.928. The molecule has 0 saturated heterocycles. The van der Waals surface area contributed by atoms with E-state index in [0.29, 0.717) is 0 Å². The molecule has 0 spiro atoms. The summed E-state index contributed by atoms with van der Waals surface area (Å²) >= 11 is 126. The topological polar surface area (TPSA) is 43.4 Å². The summed E-state index contributed by atoms with van der Waals surface area (Å²) in [6, 6.07) is 0. The van der Waals surface area contributed by atoms with Crippen molar-refractivity contribution in [2.75, 3.05) is 0 Å². The van der Waals surface area contributed by atoms with Gasteiger partial charge in [0.05, 0.1) is 0 Å². The molecule has 0 heterocycles. The predicted molar refractivity (Wildman–Crippen MR) is 350 cm³/mol. The molecule has 0 aliphatic heterocycles. The molecule has 53 heavy (non-hydrogen) atoms. The van der Waals surface area contributed by atoms with E-state index in [1.54, 1.807) is 0 Å². The first-order chi connectivity index (χ1) is 22.2. The molecule has 0 aromatic carbocycles. The van der Waals surface area contributed by atoms with E-state index in [2.05, 4.69) is 526 Å². The molecule has 0 amide bonds. The van der Waals surface area contributed by atoms with E-state index in [9.17, 15) is 8.42 Å². The number of thiol groups is 1. The standard InChI is InChI=1S/C16HBr33O3S/c17-1(18,3(21,22)5(25,26)7(29,30)9(33,34)11(37,38)13(41,42)15(45,46)47)2(19,20)4(23,24)6(27,28)8(31,32)10(35,36)12(39,40)14(43,44)16(48,49)52-53(50)51/h53H. The van der Waals surface area contributed by atoms with Crippen LogP contribution in [0.5, 0.6) is 0 Å². The van der Waals surface area contributed by atoms with Gasteiger partial charge in [0, 0.05) is 0 Å². The fraction of sp³-hybridized carbons (Fsp3) is 1.00. The van der Waals surface area contributed by atoms with Gasteiger partial charge in [0.15, 0.2) is 5.38 Å². The number of rotatable bonds is 16. The summed E-state index contributed by atoms with van der Waals surface area (Å²) in [5.74, 6) is 0. The lowest BCUT2D eigenvalue weighted by molar-refractivity contribution is 0.270. The Morgan fingerprint density at radius 2 is 0.358 bits per heavy atom. The summed E-state index contributed by atoms with van der Waals surface area (Å²) in [4.78, 5) is 0. The number of hydrogen-bond acceptors (Lipinski definition) is 3. The third-order valence-corrected chi connectivity index (χ3v) is 76.5. The fourth-order valence-corrected chi connectivity index (χ4v) is 36.7. The van der Waals surface area contributed by atoms with Crippen molar-refractivity contribution in [1.82, 2.24) is 0 Å². The normalized spacial score (nSPS) is 17.2. The summed E-state index contributed by atoms with van der Waals surface area (Å²) < 4.78 is 6.87. The molecular formula is C16HBr33O3S. The van der Waals surface area contributed by atoms with Crippen molar-refractivity contribution in [1.29, 1.82) is 0 Å². The molecular weight excluding hydrogens is 2910 g/mol. The maximum absolute atomic E-state index is 11.7. The Kier molecular flexibility index (Phi) is 29.2. The van der Waals surface area contributed by atoms with Crippen molar-refractivity contribution >= 4 is 537 Å². The third kappa shape index (κ3) is 12.1. The Balaban J connectivity index is 7.74. The highest BCUT2D eigenvalue weighted by atomic mass is 80.0. The van der Waals surface area contributed by atoms with Crippen LogP contribution >= 0.6 is 526 Å². The maximum Gasteiger partial charge on any atom is 0.259 e. The van der Waals surface area contributed by atoms with Crippen LogP contribution in [-0.4, -0.2) is 59.2 Å². The lowest BCUT2D eigenvalue weighted by Gasteiger charge is -2.62. The first kappa shape index (κ1) is 68.8. The molecule has 0 aromatic heterocycles. The molecule has 0 N–H and O–H groups in total. The zero-order chi connectivity index (χ0) is 44.3. The minimum Gasteiger partial charge on any atom is -0.239 e. The molecule has 3 nitrogen and oxygen atoms in total. The monoisotopic (exact) mass is 2880 g/mol. The van der Waals surface area contributed by atoms with E-state index >= 15 is 0 Å². The van der Waals surface area contributed by atoms with Crippen LogP contribution in [0.1, 0.15) is 0 Å². The second-order valence-electron chi connectivity index (χ2n) is 9.37. The quantitative estimate of drug-likeness (QED) is 0.124. The highest BCUT2D eigenvalue weighted by Crippen LogP contribution is 2.83. The Morgan fingerprint density at radius 1 is 0.226 bits per heavy atom. The Hall–Kier alpha value is 15.8. The molecule has 0 bridgehead atoms. The summed E-state index contributed by atoms with van der Waals surface area (Å²) in [6.07, 6.45) is 0. The van der Waals surface area contributed by atoms with Crippen molar-refractivity contribution in [3.63, 3.8) is 0 Å². The van der Waals surface area contributed by atoms with Crippen molar-refractivity contribution in [2.24, 2.45) is 0 Å². The van der Waals surface area contributed by atoms with E-state index < -0.39 is 61.8 Å². The molecule has 37 heteroatoms. The smallest absolute Gasteiger partial charge is 0.239 e. The molecule has 0 atom stereocenters. The number of hydrogen-bond donors (Lipinski definition) is 1. The zero-order valence-corrected chi connectivity index (χ0v) is 75.4. The summed E-state index contributed by atoms with van der Waals surface area (Å²) in [6.45, 7) is 0. The predicted octanol–water partition coefficient (Wildman–Crippen LogP) is 23.6. The molecule has 0 aromatic rings. The lowest BCUT2D eigenvalue weighted by atomic mass is 10.0. The average Bonchev–Trinajstić information content (AvgIpc) is 2.89. The van der Waals surface area contributed by atoms with Crippen molar-refractivity contribution in [2.45, 2.75) is 50.8 Å². The van der Waals surface area contributed by atoms with Crippen LogP contribution in [0.4, 0.5) is 0 Å². The van der Waals surface area contributed by atoms with Crippen LogP contribution in [0.15, 0.2) is 0 Å². The minimum atomic E-state index is -3.34. The maximum atomic E-state index is 11.7. The lowest BCUT2D eigenvalue weighted by Crippen LogP contribution is -2.73. The SMILES string of the molecule is O=[SH](=O)OC(Br)(Br)C(Br)(Br)C(Br)(Br)C(Br)(Br)C(Br)(Br)C(Br)(Br)C(Br)(Br)C(Br)(Br)C(Br)(Br)C(Br)(Br)C(Br)(Br)C(Br)(Br)C(Br)(Br)C(Br)(Br)C(Br)(Br)C(Br)(Br)Br. The average molecular weight is 2910 g/mol. The van der Waals surface area contributed by atoms with Gasteiger partial charge in [-0.3, -0.25) is 0 Å². The Morgan fingerprint density at radius 3 is 0.491 bits per heavy atom. The van der Waals surface area contributed by atoms with Gasteiger partial charge in [0.1, 0.15) is 42.0 Å². The first-order valence-electron chi connectivity index (χ1n) is 10.7. The van der Waals surface area contributed by atoms with Crippen molar-refractivity contribution in [3.05, 3.63) is 0 Å². The molecule has 0 saturated carbocycles. The largest absolute Gasteiger partial charge is 0.259 e. The van der Waals surface area contributed by atoms with E-state index in [0.717, 1.165) is 0 Å². The number of alkyl halides is 33. The second-order valence-corrected chi connectivity index (χ2v) is 68.3. The molecule has 0 aliphatic carbocycles. The molecule has 0 radical (unpaired) electrons. The summed E-state index contributed by atoms with van der Waals surface area (Å²) in [5.41, 5.74) is 0. The fourth-order valence-electron chi connectivity index (χ4n) is 2.88. The highest BCUT2D eigenvalue weighted by Gasteiger charge is 2.84. The Bertz CT molecular complexity index is 1420. The number of halogens is 33. The molecule has 0 aliphatic rings. The summed E-state index contributed by atoms with van der Waals surface area (Å²) in [5, 5.41) is 0.